The van der Waals surface area contributed by atoms with Crippen LogP contribution in [0.15, 0.2) is 9.52 Å². The van der Waals surface area contributed by atoms with Gasteiger partial charge in [0.15, 0.2) is 0 Å². The second-order valence-electron chi connectivity index (χ2n) is 3.07. The van der Waals surface area contributed by atoms with Crippen LogP contribution in [0.2, 0.25) is 0 Å². The lowest BCUT2D eigenvalue weighted by Gasteiger charge is -2.06. The molecular weight excluding hydrogens is 182 g/mol. The molecule has 0 saturated heterocycles. The Kier molecular flexibility index (Phi) is 3.08. The number of aliphatic imine (C=N–C) groups is 1. The van der Waals surface area contributed by atoms with Crippen LogP contribution >= 0.6 is 0 Å². The molecule has 1 unspecified atom stereocenters. The van der Waals surface area contributed by atoms with Gasteiger partial charge in [0, 0.05) is 5.56 Å². The second-order valence-corrected chi connectivity index (χ2v) is 3.07. The van der Waals surface area contributed by atoms with Crippen molar-refractivity contribution < 1.29 is 4.52 Å². The van der Waals surface area contributed by atoms with E-state index in [4.69, 9.17) is 16.1 Å². The minimum Gasteiger partial charge on any atom is -0.369 e. The Morgan fingerprint density at radius 3 is 2.64 bits per heavy atom. The van der Waals surface area contributed by atoms with E-state index >= 15 is 0 Å². The molecule has 1 rings (SSSR count). The van der Waals surface area contributed by atoms with Gasteiger partial charge >= 0.3 is 0 Å². The quantitative estimate of drug-likeness (QED) is 0.271. The lowest BCUT2D eigenvalue weighted by atomic mass is 10.1. The van der Waals surface area contributed by atoms with Crippen molar-refractivity contribution in [1.82, 2.24) is 10.6 Å². The molecule has 0 aliphatic rings. The Bertz CT molecular complexity index is 324. The van der Waals surface area contributed by atoms with E-state index in [2.05, 4.69) is 15.6 Å². The summed E-state index contributed by atoms with van der Waals surface area (Å²) in [6.45, 7) is 5.61. The van der Waals surface area contributed by atoms with Crippen LogP contribution in [0.3, 0.4) is 0 Å². The summed E-state index contributed by atoms with van der Waals surface area (Å²) in [4.78, 5) is 4.12. The van der Waals surface area contributed by atoms with Crippen molar-refractivity contribution in [2.75, 3.05) is 0 Å². The largest absolute Gasteiger partial charge is 0.369 e. The number of guanidine groups is 1. The van der Waals surface area contributed by atoms with Gasteiger partial charge < -0.3 is 10.3 Å². The summed E-state index contributed by atoms with van der Waals surface area (Å²) in [6.07, 6.45) is 0. The zero-order valence-electron chi connectivity index (χ0n) is 8.53. The van der Waals surface area contributed by atoms with Gasteiger partial charge in [-0.1, -0.05) is 5.16 Å². The van der Waals surface area contributed by atoms with E-state index in [0.29, 0.717) is 0 Å². The molecule has 78 valence electrons. The molecule has 6 heteroatoms. The fourth-order valence-electron chi connectivity index (χ4n) is 1.40. The third-order valence-corrected chi connectivity index (χ3v) is 1.99. The Labute approximate surface area is 82.3 Å². The molecule has 0 aliphatic carbocycles. The van der Waals surface area contributed by atoms with E-state index in [1.165, 1.54) is 0 Å². The van der Waals surface area contributed by atoms with Crippen molar-refractivity contribution in [3.63, 3.8) is 0 Å². The molecule has 0 bridgehead atoms. The van der Waals surface area contributed by atoms with Gasteiger partial charge in [-0.25, -0.2) is 10.8 Å². The summed E-state index contributed by atoms with van der Waals surface area (Å²) >= 11 is 0. The number of hydrogen-bond acceptors (Lipinski definition) is 4. The van der Waals surface area contributed by atoms with Crippen molar-refractivity contribution in [2.24, 2.45) is 16.6 Å². The third-order valence-electron chi connectivity index (χ3n) is 1.99. The number of hydrogen-bond donors (Lipinski definition) is 3. The maximum atomic E-state index is 5.44. The number of aryl methyl sites for hydroxylation is 2. The van der Waals surface area contributed by atoms with Crippen LogP contribution in [-0.4, -0.2) is 11.1 Å². The topological polar surface area (TPSA) is 102 Å². The SMILES string of the molecule is Cc1noc(C)c1C(C)N=C(N)NN. The molecule has 1 aromatic rings. The lowest BCUT2D eigenvalue weighted by molar-refractivity contribution is 0.391. The van der Waals surface area contributed by atoms with E-state index in [9.17, 15) is 0 Å². The maximum absolute atomic E-state index is 5.44. The van der Waals surface area contributed by atoms with Crippen LogP contribution in [0.1, 0.15) is 30.0 Å². The maximum Gasteiger partial charge on any atom is 0.203 e. The molecule has 0 aromatic carbocycles. The molecule has 0 saturated carbocycles. The van der Waals surface area contributed by atoms with Crippen LogP contribution in [-0.2, 0) is 0 Å². The molecule has 0 radical (unpaired) electrons. The molecule has 0 amide bonds. The Morgan fingerprint density at radius 1 is 1.57 bits per heavy atom. The van der Waals surface area contributed by atoms with Crippen LogP contribution in [0.25, 0.3) is 0 Å². The molecule has 1 heterocycles. The summed E-state index contributed by atoms with van der Waals surface area (Å²) in [6, 6.07) is -0.114. The summed E-state index contributed by atoms with van der Waals surface area (Å²) in [5, 5.41) is 3.83. The molecule has 1 atom stereocenters. The first-order chi connectivity index (χ1) is 6.56. The average Bonchev–Trinajstić information content (AvgIpc) is 2.46. The van der Waals surface area contributed by atoms with Crippen LogP contribution in [0.4, 0.5) is 0 Å². The lowest BCUT2D eigenvalue weighted by Crippen LogP contribution is -2.37. The molecule has 0 spiro atoms. The smallest absolute Gasteiger partial charge is 0.203 e. The molecule has 14 heavy (non-hydrogen) atoms. The number of hydrazine groups is 1. The van der Waals surface area contributed by atoms with Gasteiger partial charge in [0.2, 0.25) is 5.96 Å². The van der Waals surface area contributed by atoms with Crippen molar-refractivity contribution in [2.45, 2.75) is 26.8 Å². The normalized spacial score (nSPS) is 14.1. The Morgan fingerprint density at radius 2 is 2.21 bits per heavy atom. The highest BCUT2D eigenvalue weighted by atomic mass is 16.5. The Balaban J connectivity index is 2.94. The fourth-order valence-corrected chi connectivity index (χ4v) is 1.40. The highest BCUT2D eigenvalue weighted by molar-refractivity contribution is 5.77. The number of aromatic nitrogens is 1. The third kappa shape index (κ3) is 2.02. The number of nitrogens with zero attached hydrogens (tertiary/aromatic N) is 2. The number of nitrogens with two attached hydrogens (primary N) is 2. The predicted molar refractivity (Wildman–Crippen MR) is 53.3 cm³/mol. The van der Waals surface area contributed by atoms with Crippen molar-refractivity contribution in [1.29, 1.82) is 0 Å². The summed E-state index contributed by atoms with van der Waals surface area (Å²) in [5.74, 6) is 6.05. The fraction of sp³-hybridized carbons (Fsp3) is 0.500. The molecule has 6 nitrogen and oxygen atoms in total. The average molecular weight is 197 g/mol. The monoisotopic (exact) mass is 197 g/mol. The van der Waals surface area contributed by atoms with Crippen molar-refractivity contribution in [3.8, 4) is 0 Å². The zero-order chi connectivity index (χ0) is 10.7. The Hall–Kier alpha value is -1.56. The first-order valence-electron chi connectivity index (χ1n) is 4.29. The first-order valence-corrected chi connectivity index (χ1v) is 4.29. The molecule has 0 aliphatic heterocycles. The summed E-state index contributed by atoms with van der Waals surface area (Å²) < 4.78 is 5.02. The minimum atomic E-state index is -0.114. The minimum absolute atomic E-state index is 0.114. The van der Waals surface area contributed by atoms with Gasteiger partial charge in [0.05, 0.1) is 11.7 Å². The predicted octanol–water partition coefficient (Wildman–Crippen LogP) is 0.130. The zero-order valence-corrected chi connectivity index (χ0v) is 8.53. The first kappa shape index (κ1) is 10.5. The van der Waals surface area contributed by atoms with E-state index in [1.807, 2.05) is 20.8 Å². The van der Waals surface area contributed by atoms with Crippen molar-refractivity contribution >= 4 is 5.96 Å². The van der Waals surface area contributed by atoms with Gasteiger partial charge in [-0.3, -0.25) is 5.43 Å². The summed E-state index contributed by atoms with van der Waals surface area (Å²) in [7, 11) is 0. The highest BCUT2D eigenvalue weighted by Gasteiger charge is 2.15. The summed E-state index contributed by atoms with van der Waals surface area (Å²) in [5.41, 5.74) is 9.49. The van der Waals surface area contributed by atoms with E-state index in [-0.39, 0.29) is 12.0 Å². The van der Waals surface area contributed by atoms with Crippen LogP contribution < -0.4 is 17.0 Å². The van der Waals surface area contributed by atoms with E-state index in [0.717, 1.165) is 17.0 Å². The van der Waals surface area contributed by atoms with E-state index in [1.54, 1.807) is 0 Å². The highest BCUT2D eigenvalue weighted by Crippen LogP contribution is 2.23. The van der Waals surface area contributed by atoms with Gasteiger partial charge in [0.1, 0.15) is 5.76 Å². The molecule has 1 aromatic heterocycles. The standard InChI is InChI=1S/C8H15N5O/c1-4(11-8(9)12-10)7-5(2)13-14-6(7)3/h4H,10H2,1-3H3,(H3,9,11,12). The van der Waals surface area contributed by atoms with Gasteiger partial charge in [-0.15, -0.1) is 0 Å². The van der Waals surface area contributed by atoms with Crippen LogP contribution in [0, 0.1) is 13.8 Å². The molecule has 5 N–H and O–H groups in total. The van der Waals surface area contributed by atoms with Gasteiger partial charge in [0.25, 0.3) is 0 Å². The molecule has 0 fully saturated rings. The van der Waals surface area contributed by atoms with Crippen molar-refractivity contribution in [3.05, 3.63) is 17.0 Å². The number of rotatable bonds is 2. The number of nitrogens with one attached hydrogen (secondary N) is 1. The van der Waals surface area contributed by atoms with Gasteiger partial charge in [-0.2, -0.15) is 0 Å². The molecular formula is C8H15N5O. The van der Waals surface area contributed by atoms with Crippen LogP contribution in [0.5, 0.6) is 0 Å². The van der Waals surface area contributed by atoms with E-state index < -0.39 is 0 Å². The van der Waals surface area contributed by atoms with Gasteiger partial charge in [-0.05, 0) is 20.8 Å². The second kappa shape index (κ2) is 4.10.